The highest BCUT2D eigenvalue weighted by molar-refractivity contribution is 5.80. The summed E-state index contributed by atoms with van der Waals surface area (Å²) >= 11 is 0. The van der Waals surface area contributed by atoms with Gasteiger partial charge in [0.05, 0.1) is 12.1 Å². The zero-order chi connectivity index (χ0) is 14.7. The molecule has 106 valence electrons. The minimum atomic E-state index is -0.0816. The Bertz CT molecular complexity index is 772. The van der Waals surface area contributed by atoms with Crippen molar-refractivity contribution < 1.29 is 9.84 Å². The molecule has 4 nitrogen and oxygen atoms in total. The van der Waals surface area contributed by atoms with E-state index in [1.807, 2.05) is 54.6 Å². The van der Waals surface area contributed by atoms with Gasteiger partial charge in [-0.2, -0.15) is 0 Å². The number of nitrogens with two attached hydrogens (primary N) is 1. The predicted octanol–water partition coefficient (Wildman–Crippen LogP) is 2.98. The number of nitrogens with zero attached hydrogens (tertiary/aromatic N) is 1. The summed E-state index contributed by atoms with van der Waals surface area (Å²) in [5, 5.41) is 10.4. The Kier molecular flexibility index (Phi) is 3.81. The number of rotatable bonds is 4. The maximum atomic E-state index is 9.37. The van der Waals surface area contributed by atoms with E-state index < -0.39 is 0 Å². The number of ether oxygens (including phenoxy) is 1. The van der Waals surface area contributed by atoms with Gasteiger partial charge in [-0.05, 0) is 18.2 Å². The van der Waals surface area contributed by atoms with Gasteiger partial charge in [-0.1, -0.05) is 36.4 Å². The van der Waals surface area contributed by atoms with Crippen molar-refractivity contribution >= 4 is 10.9 Å². The van der Waals surface area contributed by atoms with E-state index in [9.17, 15) is 5.11 Å². The van der Waals surface area contributed by atoms with Crippen LogP contribution in [0.5, 0.6) is 11.6 Å². The van der Waals surface area contributed by atoms with Crippen molar-refractivity contribution in [2.45, 2.75) is 13.2 Å². The van der Waals surface area contributed by atoms with E-state index in [4.69, 9.17) is 10.5 Å². The monoisotopic (exact) mass is 280 g/mol. The lowest BCUT2D eigenvalue weighted by Crippen LogP contribution is -2.02. The van der Waals surface area contributed by atoms with Crippen LogP contribution in [0.3, 0.4) is 0 Å². The highest BCUT2D eigenvalue weighted by Crippen LogP contribution is 2.28. The lowest BCUT2D eigenvalue weighted by Gasteiger charge is -2.12. The Morgan fingerprint density at radius 1 is 1.00 bits per heavy atom. The van der Waals surface area contributed by atoms with Crippen LogP contribution in [-0.4, -0.2) is 10.1 Å². The predicted molar refractivity (Wildman–Crippen MR) is 82.1 cm³/mol. The molecule has 0 aliphatic rings. The van der Waals surface area contributed by atoms with Gasteiger partial charge in [0, 0.05) is 23.1 Å². The van der Waals surface area contributed by atoms with Gasteiger partial charge in [-0.15, -0.1) is 0 Å². The molecule has 1 aromatic heterocycles. The summed E-state index contributed by atoms with van der Waals surface area (Å²) in [5.74, 6) is 1.08. The van der Waals surface area contributed by atoms with E-state index in [0.29, 0.717) is 18.2 Å². The summed E-state index contributed by atoms with van der Waals surface area (Å²) in [4.78, 5) is 4.53. The molecule has 0 unspecified atom stereocenters. The van der Waals surface area contributed by atoms with Crippen LogP contribution in [0.2, 0.25) is 0 Å². The van der Waals surface area contributed by atoms with Crippen molar-refractivity contribution in [1.29, 1.82) is 0 Å². The molecule has 4 heteroatoms. The third-order valence-electron chi connectivity index (χ3n) is 3.33. The Labute approximate surface area is 122 Å². The van der Waals surface area contributed by atoms with Crippen molar-refractivity contribution in [3.05, 3.63) is 65.7 Å². The normalized spacial score (nSPS) is 10.8. The molecule has 0 aliphatic heterocycles. The molecule has 0 aliphatic carbocycles. The fraction of sp³-hybridized carbons (Fsp3) is 0.118. The van der Waals surface area contributed by atoms with Crippen LogP contribution in [0, 0.1) is 0 Å². The number of pyridine rings is 1. The molecule has 0 atom stereocenters. The molecule has 0 radical (unpaired) electrons. The van der Waals surface area contributed by atoms with Crippen molar-refractivity contribution in [1.82, 2.24) is 4.98 Å². The van der Waals surface area contributed by atoms with E-state index in [-0.39, 0.29) is 6.61 Å². The zero-order valence-electron chi connectivity index (χ0n) is 11.5. The summed E-state index contributed by atoms with van der Waals surface area (Å²) < 4.78 is 5.88. The van der Waals surface area contributed by atoms with Gasteiger partial charge < -0.3 is 15.6 Å². The van der Waals surface area contributed by atoms with Gasteiger partial charge in [0.15, 0.2) is 0 Å². The molecule has 0 spiro atoms. The molecular weight excluding hydrogens is 264 g/mol. The molecular formula is C17H16N2O2. The lowest BCUT2D eigenvalue weighted by molar-refractivity contribution is 0.276. The van der Waals surface area contributed by atoms with Crippen LogP contribution in [0.25, 0.3) is 10.9 Å². The largest absolute Gasteiger partial charge is 0.438 e. The lowest BCUT2D eigenvalue weighted by atomic mass is 10.1. The van der Waals surface area contributed by atoms with Crippen LogP contribution in [0.4, 0.5) is 0 Å². The average Bonchev–Trinajstić information content (AvgIpc) is 2.54. The highest BCUT2D eigenvalue weighted by atomic mass is 16.5. The SMILES string of the molecule is NCc1cc2ccccc2nc1Oc1ccccc1CO. The van der Waals surface area contributed by atoms with E-state index in [0.717, 1.165) is 22.0 Å². The number of hydrogen-bond donors (Lipinski definition) is 2. The zero-order valence-corrected chi connectivity index (χ0v) is 11.5. The van der Waals surface area contributed by atoms with Crippen molar-refractivity contribution in [3.8, 4) is 11.6 Å². The molecule has 0 fully saturated rings. The van der Waals surface area contributed by atoms with Gasteiger partial charge in [0.1, 0.15) is 5.75 Å². The van der Waals surface area contributed by atoms with E-state index in [2.05, 4.69) is 4.98 Å². The number of fused-ring (bicyclic) bond motifs is 1. The minimum absolute atomic E-state index is 0.0816. The Hall–Kier alpha value is -2.43. The number of para-hydroxylation sites is 2. The number of hydrogen-bond acceptors (Lipinski definition) is 4. The Morgan fingerprint density at radius 2 is 1.76 bits per heavy atom. The van der Waals surface area contributed by atoms with Gasteiger partial charge in [0.25, 0.3) is 0 Å². The fourth-order valence-corrected chi connectivity index (χ4v) is 2.21. The second-order valence-electron chi connectivity index (χ2n) is 4.72. The molecule has 1 heterocycles. The van der Waals surface area contributed by atoms with E-state index in [1.54, 1.807) is 0 Å². The van der Waals surface area contributed by atoms with Gasteiger partial charge in [-0.3, -0.25) is 0 Å². The second kappa shape index (κ2) is 5.91. The van der Waals surface area contributed by atoms with Crippen LogP contribution >= 0.6 is 0 Å². The van der Waals surface area contributed by atoms with Crippen LogP contribution in [0.1, 0.15) is 11.1 Å². The molecule has 0 amide bonds. The molecule has 3 N–H and O–H groups in total. The third-order valence-corrected chi connectivity index (χ3v) is 3.33. The van der Waals surface area contributed by atoms with Gasteiger partial charge in [0.2, 0.25) is 5.88 Å². The molecule has 3 rings (SSSR count). The average molecular weight is 280 g/mol. The topological polar surface area (TPSA) is 68.4 Å². The summed E-state index contributed by atoms with van der Waals surface area (Å²) in [5.41, 5.74) is 8.20. The molecule has 0 bridgehead atoms. The molecule has 21 heavy (non-hydrogen) atoms. The summed E-state index contributed by atoms with van der Waals surface area (Å²) in [7, 11) is 0. The smallest absolute Gasteiger partial charge is 0.224 e. The van der Waals surface area contributed by atoms with Gasteiger partial charge >= 0.3 is 0 Å². The first-order chi connectivity index (χ1) is 10.3. The van der Waals surface area contributed by atoms with Crippen LogP contribution in [0.15, 0.2) is 54.6 Å². The summed E-state index contributed by atoms with van der Waals surface area (Å²) in [6.07, 6.45) is 0. The Morgan fingerprint density at radius 3 is 2.57 bits per heavy atom. The summed E-state index contributed by atoms with van der Waals surface area (Å²) in [6, 6.07) is 17.1. The standard InChI is InChI=1S/C17H16N2O2/c18-10-14-9-12-5-1-3-7-15(12)19-17(14)21-16-8-4-2-6-13(16)11-20/h1-9,20H,10-11,18H2. The molecule has 2 aromatic carbocycles. The number of aromatic nitrogens is 1. The van der Waals surface area contributed by atoms with Crippen LogP contribution < -0.4 is 10.5 Å². The second-order valence-corrected chi connectivity index (χ2v) is 4.72. The minimum Gasteiger partial charge on any atom is -0.438 e. The molecule has 0 saturated heterocycles. The van der Waals surface area contributed by atoms with Crippen molar-refractivity contribution in [3.63, 3.8) is 0 Å². The maximum Gasteiger partial charge on any atom is 0.224 e. The van der Waals surface area contributed by atoms with Crippen LogP contribution in [-0.2, 0) is 13.2 Å². The first-order valence-corrected chi connectivity index (χ1v) is 6.77. The molecule has 0 saturated carbocycles. The number of aliphatic hydroxyl groups is 1. The van der Waals surface area contributed by atoms with Crippen molar-refractivity contribution in [2.24, 2.45) is 5.73 Å². The fourth-order valence-electron chi connectivity index (χ4n) is 2.21. The number of benzene rings is 2. The first kappa shape index (κ1) is 13.5. The maximum absolute atomic E-state index is 9.37. The summed E-state index contributed by atoms with van der Waals surface area (Å²) in [6.45, 7) is 0.260. The first-order valence-electron chi connectivity index (χ1n) is 6.77. The number of aliphatic hydroxyl groups excluding tert-OH is 1. The quantitative estimate of drug-likeness (QED) is 0.771. The van der Waals surface area contributed by atoms with E-state index >= 15 is 0 Å². The highest BCUT2D eigenvalue weighted by Gasteiger charge is 2.10. The van der Waals surface area contributed by atoms with Crippen molar-refractivity contribution in [2.75, 3.05) is 0 Å². The third kappa shape index (κ3) is 2.72. The Balaban J connectivity index is 2.06. The molecule has 3 aromatic rings. The van der Waals surface area contributed by atoms with Gasteiger partial charge in [-0.25, -0.2) is 4.98 Å². The van der Waals surface area contributed by atoms with E-state index in [1.165, 1.54) is 0 Å².